The highest BCUT2D eigenvalue weighted by Gasteiger charge is 2.47. The van der Waals surface area contributed by atoms with E-state index in [4.69, 9.17) is 4.74 Å². The van der Waals surface area contributed by atoms with Crippen molar-refractivity contribution in [2.75, 3.05) is 23.8 Å². The molecule has 1 fully saturated rings. The van der Waals surface area contributed by atoms with Gasteiger partial charge in [0.2, 0.25) is 5.91 Å². The molecule has 9 heteroatoms. The molecule has 3 heterocycles. The Morgan fingerprint density at radius 3 is 2.73 bits per heavy atom. The average molecular weight is 538 g/mol. The molecule has 1 aliphatic carbocycles. The summed E-state index contributed by atoms with van der Waals surface area (Å²) < 4.78 is 6.94. The maximum absolute atomic E-state index is 13.5. The van der Waals surface area contributed by atoms with Gasteiger partial charge >= 0.3 is 0 Å². The Morgan fingerprint density at radius 1 is 1.10 bits per heavy atom. The van der Waals surface area contributed by atoms with Crippen LogP contribution in [0.25, 0.3) is 5.57 Å². The van der Waals surface area contributed by atoms with Crippen LogP contribution in [0.1, 0.15) is 52.9 Å². The Hall–Kier alpha value is -4.50. The van der Waals surface area contributed by atoms with Crippen LogP contribution in [0.4, 0.5) is 11.4 Å². The van der Waals surface area contributed by atoms with Crippen LogP contribution in [0.5, 0.6) is 0 Å². The summed E-state index contributed by atoms with van der Waals surface area (Å²) in [7, 11) is 1.67. The number of anilines is 2. The highest BCUT2D eigenvalue weighted by atomic mass is 16.5. The molecule has 9 nitrogen and oxygen atoms in total. The van der Waals surface area contributed by atoms with E-state index in [9.17, 15) is 14.4 Å². The molecule has 1 spiro atoms. The van der Waals surface area contributed by atoms with Gasteiger partial charge < -0.3 is 20.7 Å². The molecule has 40 heavy (non-hydrogen) atoms. The first kappa shape index (κ1) is 25.8. The number of aryl methyl sites for hydroxylation is 2. The number of carbonyl (C=O) groups is 3. The van der Waals surface area contributed by atoms with Crippen molar-refractivity contribution in [2.24, 2.45) is 7.05 Å². The minimum absolute atomic E-state index is 0.0299. The van der Waals surface area contributed by atoms with E-state index >= 15 is 0 Å². The minimum Gasteiger partial charge on any atom is -0.381 e. The van der Waals surface area contributed by atoms with Gasteiger partial charge in [-0.15, -0.1) is 0 Å². The van der Waals surface area contributed by atoms with Crippen molar-refractivity contribution in [1.82, 2.24) is 15.1 Å². The van der Waals surface area contributed by atoms with E-state index in [1.165, 1.54) is 22.0 Å². The van der Waals surface area contributed by atoms with Crippen molar-refractivity contribution in [2.45, 2.75) is 37.5 Å². The Labute approximate surface area is 232 Å². The Bertz CT molecular complexity index is 1560. The Kier molecular flexibility index (Phi) is 6.81. The molecule has 0 radical (unpaired) electrons. The summed E-state index contributed by atoms with van der Waals surface area (Å²) >= 11 is 0. The lowest BCUT2D eigenvalue weighted by atomic mass is 9.75. The second kappa shape index (κ2) is 10.6. The molecule has 1 aromatic heterocycles. The summed E-state index contributed by atoms with van der Waals surface area (Å²) in [5.74, 6) is -0.939. The number of aromatic nitrogens is 2. The minimum atomic E-state index is -0.583. The van der Waals surface area contributed by atoms with Crippen molar-refractivity contribution >= 4 is 34.7 Å². The van der Waals surface area contributed by atoms with Crippen molar-refractivity contribution in [3.63, 3.8) is 0 Å². The fourth-order valence-corrected chi connectivity index (χ4v) is 5.89. The number of rotatable bonds is 5. The molecule has 204 valence electrons. The zero-order valence-electron chi connectivity index (χ0n) is 22.3. The molecule has 2 aliphatic heterocycles. The van der Waals surface area contributed by atoms with Crippen LogP contribution in [-0.2, 0) is 33.2 Å². The van der Waals surface area contributed by atoms with Crippen LogP contribution in [0, 0.1) is 0 Å². The maximum atomic E-state index is 13.5. The van der Waals surface area contributed by atoms with Gasteiger partial charge in [0, 0.05) is 37.8 Å². The van der Waals surface area contributed by atoms with Gasteiger partial charge in [0.1, 0.15) is 11.4 Å². The Balaban J connectivity index is 1.28. The molecule has 0 unspecified atom stereocenters. The zero-order chi connectivity index (χ0) is 27.7. The van der Waals surface area contributed by atoms with E-state index in [2.05, 4.69) is 33.2 Å². The van der Waals surface area contributed by atoms with E-state index in [0.717, 1.165) is 30.4 Å². The van der Waals surface area contributed by atoms with E-state index in [1.807, 2.05) is 24.3 Å². The number of benzene rings is 2. The van der Waals surface area contributed by atoms with Gasteiger partial charge in [-0.3, -0.25) is 19.1 Å². The number of fused-ring (bicyclic) bond motifs is 3. The van der Waals surface area contributed by atoms with Gasteiger partial charge in [0.25, 0.3) is 11.8 Å². The fraction of sp³-hybridized carbons (Fsp3) is 0.290. The Morgan fingerprint density at radius 2 is 1.93 bits per heavy atom. The maximum Gasteiger partial charge on any atom is 0.274 e. The summed E-state index contributed by atoms with van der Waals surface area (Å²) in [5, 5.41) is 12.7. The van der Waals surface area contributed by atoms with E-state index in [1.54, 1.807) is 31.3 Å². The lowest BCUT2D eigenvalue weighted by Gasteiger charge is -2.31. The summed E-state index contributed by atoms with van der Waals surface area (Å²) in [5.41, 5.74) is 5.55. The SMILES string of the molecule is Cn1nccc1C(=O)N/C(=C/C=C1CCCc2ccccc21)C(=O)Nc1ccc2c(c1)NC(=O)C21CCOCC1. The average Bonchev–Trinajstić information content (AvgIpc) is 3.51. The second-order valence-corrected chi connectivity index (χ2v) is 10.4. The van der Waals surface area contributed by atoms with Crippen molar-refractivity contribution in [3.8, 4) is 0 Å². The van der Waals surface area contributed by atoms with Crippen molar-refractivity contribution in [1.29, 1.82) is 0 Å². The normalized spacial score (nSPS) is 18.7. The third-order valence-corrected chi connectivity index (χ3v) is 8.08. The number of hydrogen-bond donors (Lipinski definition) is 3. The molecule has 6 rings (SSSR count). The van der Waals surface area contributed by atoms with Gasteiger partial charge in [0.15, 0.2) is 0 Å². The summed E-state index contributed by atoms with van der Waals surface area (Å²) in [6.07, 6.45) is 9.28. The van der Waals surface area contributed by atoms with Crippen LogP contribution in [0.15, 0.2) is 72.6 Å². The topological polar surface area (TPSA) is 114 Å². The summed E-state index contributed by atoms with van der Waals surface area (Å²) in [6, 6.07) is 15.3. The molecule has 3 N–H and O–H groups in total. The number of hydrogen-bond acceptors (Lipinski definition) is 5. The molecule has 0 bridgehead atoms. The quantitative estimate of drug-likeness (QED) is 0.424. The van der Waals surface area contributed by atoms with Gasteiger partial charge in [-0.2, -0.15) is 5.10 Å². The third kappa shape index (κ3) is 4.73. The molecular weight excluding hydrogens is 506 g/mol. The van der Waals surface area contributed by atoms with Crippen LogP contribution >= 0.6 is 0 Å². The predicted octanol–water partition coefficient (Wildman–Crippen LogP) is 4.09. The first-order valence-corrected chi connectivity index (χ1v) is 13.6. The van der Waals surface area contributed by atoms with Crippen LogP contribution in [0.3, 0.4) is 0 Å². The van der Waals surface area contributed by atoms with Gasteiger partial charge in [-0.25, -0.2) is 0 Å². The van der Waals surface area contributed by atoms with Crippen LogP contribution < -0.4 is 16.0 Å². The number of nitrogens with one attached hydrogen (secondary N) is 3. The van der Waals surface area contributed by atoms with Crippen LogP contribution in [0.2, 0.25) is 0 Å². The standard InChI is InChI=1S/C31H31N5O4/c1-36-27(13-16-32-36)29(38)34-25(12-9-21-7-4-6-20-5-2-3-8-23(20)21)28(37)33-22-10-11-24-26(19-22)35-30(39)31(24)14-17-40-18-15-31/h2-3,5,8-13,16,19H,4,6-7,14-15,17-18H2,1H3,(H,33,37)(H,34,38)(H,35,39)/b21-9?,25-12+. The molecule has 2 aromatic carbocycles. The van der Waals surface area contributed by atoms with E-state index in [-0.39, 0.29) is 11.6 Å². The molecule has 3 aliphatic rings. The third-order valence-electron chi connectivity index (χ3n) is 8.08. The van der Waals surface area contributed by atoms with E-state index < -0.39 is 17.2 Å². The molecule has 0 saturated carbocycles. The monoisotopic (exact) mass is 537 g/mol. The number of ether oxygens (including phenoxy) is 1. The zero-order valence-corrected chi connectivity index (χ0v) is 22.3. The lowest BCUT2D eigenvalue weighted by Crippen LogP contribution is -2.39. The highest BCUT2D eigenvalue weighted by Crippen LogP contribution is 2.45. The smallest absolute Gasteiger partial charge is 0.274 e. The van der Waals surface area contributed by atoms with Gasteiger partial charge in [-0.05, 0) is 78.6 Å². The molecule has 3 amide bonds. The highest BCUT2D eigenvalue weighted by molar-refractivity contribution is 6.10. The molecule has 1 saturated heterocycles. The summed E-state index contributed by atoms with van der Waals surface area (Å²) in [4.78, 5) is 39.5. The molecule has 0 atom stereocenters. The van der Waals surface area contributed by atoms with E-state index in [0.29, 0.717) is 43.1 Å². The lowest BCUT2D eigenvalue weighted by molar-refractivity contribution is -0.124. The second-order valence-electron chi connectivity index (χ2n) is 10.4. The largest absolute Gasteiger partial charge is 0.381 e. The first-order valence-electron chi connectivity index (χ1n) is 13.6. The number of allylic oxidation sites excluding steroid dienone is 3. The number of nitrogens with zero attached hydrogens (tertiary/aromatic N) is 2. The summed E-state index contributed by atoms with van der Waals surface area (Å²) in [6.45, 7) is 1.08. The van der Waals surface area contributed by atoms with Crippen molar-refractivity contribution in [3.05, 3.63) is 95.0 Å². The molecule has 3 aromatic rings. The first-order chi connectivity index (χ1) is 19.4. The van der Waals surface area contributed by atoms with Gasteiger partial charge in [0.05, 0.1) is 5.41 Å². The predicted molar refractivity (Wildman–Crippen MR) is 152 cm³/mol. The fourth-order valence-electron chi connectivity index (χ4n) is 5.89. The van der Waals surface area contributed by atoms with Crippen LogP contribution in [-0.4, -0.2) is 40.7 Å². The molecular formula is C31H31N5O4. The number of amides is 3. The van der Waals surface area contributed by atoms with Gasteiger partial charge in [-0.1, -0.05) is 36.4 Å². The van der Waals surface area contributed by atoms with Crippen molar-refractivity contribution < 1.29 is 19.1 Å². The number of carbonyl (C=O) groups excluding carboxylic acids is 3.